The number of methoxy groups -OCH3 is 1. The quantitative estimate of drug-likeness (QED) is 0.427. The van der Waals surface area contributed by atoms with Crippen LogP contribution in [0, 0.1) is 5.92 Å². The summed E-state index contributed by atoms with van der Waals surface area (Å²) in [5, 5.41) is 16.0. The Morgan fingerprint density at radius 1 is 0.938 bits per heavy atom. The summed E-state index contributed by atoms with van der Waals surface area (Å²) in [6.45, 7) is 0. The molecule has 1 amide bonds. The molecule has 0 aromatic heterocycles. The summed E-state index contributed by atoms with van der Waals surface area (Å²) < 4.78 is 5.49. The summed E-state index contributed by atoms with van der Waals surface area (Å²) >= 11 is 0. The van der Waals surface area contributed by atoms with Gasteiger partial charge in [-0.1, -0.05) is 78.9 Å². The van der Waals surface area contributed by atoms with Gasteiger partial charge in [0.05, 0.1) is 13.2 Å². The lowest BCUT2D eigenvalue weighted by molar-refractivity contribution is -0.122. The molecule has 32 heavy (non-hydrogen) atoms. The van der Waals surface area contributed by atoms with Crippen LogP contribution in [-0.2, 0) is 4.79 Å². The second-order valence-corrected chi connectivity index (χ2v) is 8.26. The van der Waals surface area contributed by atoms with Crippen LogP contribution < -0.4 is 10.1 Å². The molecule has 2 N–H and O–H groups in total. The molecule has 160 valence electrons. The Bertz CT molecular complexity index is 1270. The van der Waals surface area contributed by atoms with E-state index in [9.17, 15) is 9.90 Å². The van der Waals surface area contributed by atoms with Crippen LogP contribution in [0.4, 0.5) is 0 Å². The maximum absolute atomic E-state index is 13.4. The molecule has 1 aliphatic rings. The summed E-state index contributed by atoms with van der Waals surface area (Å²) in [5.41, 5.74) is 2.72. The predicted octanol–water partition coefficient (Wildman–Crippen LogP) is 5.56. The zero-order valence-corrected chi connectivity index (χ0v) is 17.9. The average Bonchev–Trinajstić information content (AvgIpc) is 3.64. The zero-order chi connectivity index (χ0) is 22.1. The van der Waals surface area contributed by atoms with Gasteiger partial charge in [-0.05, 0) is 46.4 Å². The van der Waals surface area contributed by atoms with Gasteiger partial charge in [0.1, 0.15) is 11.5 Å². The number of amides is 1. The van der Waals surface area contributed by atoms with E-state index in [1.54, 1.807) is 13.2 Å². The zero-order valence-electron chi connectivity index (χ0n) is 17.9. The van der Waals surface area contributed by atoms with Crippen LogP contribution in [0.15, 0.2) is 91.0 Å². The second kappa shape index (κ2) is 8.39. The summed E-state index contributed by atoms with van der Waals surface area (Å²) in [7, 11) is 1.66. The lowest BCUT2D eigenvalue weighted by atomic mass is 9.92. The largest absolute Gasteiger partial charge is 0.508 e. The molecule has 0 spiro atoms. The normalized spacial score (nSPS) is 18.2. The number of para-hydroxylation sites is 1. The predicted molar refractivity (Wildman–Crippen MR) is 126 cm³/mol. The number of phenolic OH excluding ortho intramolecular Hbond substituents is 1. The molecule has 4 heteroatoms. The number of hydrogen-bond acceptors (Lipinski definition) is 3. The molecular weight excluding hydrogens is 398 g/mol. The van der Waals surface area contributed by atoms with Gasteiger partial charge in [-0.3, -0.25) is 4.79 Å². The first-order valence-electron chi connectivity index (χ1n) is 10.9. The van der Waals surface area contributed by atoms with Crippen molar-refractivity contribution in [1.29, 1.82) is 0 Å². The molecule has 0 radical (unpaired) electrons. The number of phenols is 1. The van der Waals surface area contributed by atoms with E-state index in [0.717, 1.165) is 39.6 Å². The van der Waals surface area contributed by atoms with Crippen LogP contribution in [0.5, 0.6) is 11.5 Å². The van der Waals surface area contributed by atoms with Crippen molar-refractivity contribution >= 4 is 16.7 Å². The van der Waals surface area contributed by atoms with Crippen LogP contribution >= 0.6 is 0 Å². The Hall–Kier alpha value is -3.79. The topological polar surface area (TPSA) is 58.6 Å². The van der Waals surface area contributed by atoms with Crippen LogP contribution in [0.1, 0.15) is 35.1 Å². The Balaban J connectivity index is 1.49. The van der Waals surface area contributed by atoms with Crippen molar-refractivity contribution < 1.29 is 14.6 Å². The van der Waals surface area contributed by atoms with E-state index < -0.39 is 6.04 Å². The number of aromatic hydroxyl groups is 1. The fourth-order valence-corrected chi connectivity index (χ4v) is 4.61. The van der Waals surface area contributed by atoms with Crippen molar-refractivity contribution in [1.82, 2.24) is 5.32 Å². The fraction of sp³-hybridized carbons (Fsp3) is 0.179. The molecule has 0 saturated heterocycles. The Kier molecular flexibility index (Phi) is 5.28. The van der Waals surface area contributed by atoms with Gasteiger partial charge in [0.25, 0.3) is 0 Å². The van der Waals surface area contributed by atoms with Gasteiger partial charge >= 0.3 is 0 Å². The number of rotatable bonds is 6. The van der Waals surface area contributed by atoms with Gasteiger partial charge in [-0.15, -0.1) is 0 Å². The molecule has 0 aliphatic heterocycles. The third-order valence-electron chi connectivity index (χ3n) is 6.32. The minimum Gasteiger partial charge on any atom is -0.508 e. The number of benzene rings is 4. The van der Waals surface area contributed by atoms with Gasteiger partial charge < -0.3 is 15.2 Å². The van der Waals surface area contributed by atoms with Gasteiger partial charge in [-0.2, -0.15) is 0 Å². The van der Waals surface area contributed by atoms with Crippen molar-refractivity contribution in [2.24, 2.45) is 5.92 Å². The van der Waals surface area contributed by atoms with E-state index in [0.29, 0.717) is 0 Å². The molecular formula is C28H25NO3. The van der Waals surface area contributed by atoms with Gasteiger partial charge in [-0.25, -0.2) is 0 Å². The highest BCUT2D eigenvalue weighted by Gasteiger charge is 2.46. The highest BCUT2D eigenvalue weighted by atomic mass is 16.5. The highest BCUT2D eigenvalue weighted by Crippen LogP contribution is 2.51. The van der Waals surface area contributed by atoms with Crippen LogP contribution in [0.25, 0.3) is 10.8 Å². The van der Waals surface area contributed by atoms with Crippen molar-refractivity contribution in [3.63, 3.8) is 0 Å². The summed E-state index contributed by atoms with van der Waals surface area (Å²) in [6.07, 6.45) is 0.787. The standard InChI is InChI=1S/C28H25NO3/c1-32-25-14-8-7-13-21(25)22-17-23(22)28(31)29-27(19-10-3-2-4-11-19)26-20-12-6-5-9-18(20)15-16-24(26)30/h2-16,22-23,27,30H,17H2,1H3,(H,29,31)/t22-,23+,27+/m0/s1. The third kappa shape index (κ3) is 3.69. The SMILES string of the molecule is COc1ccccc1[C@@H]1C[C@H]1C(=O)N[C@H](c1ccccc1)c1c(O)ccc2ccccc12. The first-order chi connectivity index (χ1) is 15.7. The van der Waals surface area contributed by atoms with E-state index in [2.05, 4.69) is 5.32 Å². The first-order valence-corrected chi connectivity index (χ1v) is 10.9. The maximum Gasteiger partial charge on any atom is 0.224 e. The number of carbonyl (C=O) groups excluding carboxylic acids is 1. The molecule has 3 atom stereocenters. The Labute approximate surface area is 187 Å². The van der Waals surface area contributed by atoms with E-state index in [1.807, 2.05) is 84.9 Å². The van der Waals surface area contributed by atoms with E-state index in [4.69, 9.17) is 4.74 Å². The van der Waals surface area contributed by atoms with Crippen LogP contribution in [0.2, 0.25) is 0 Å². The number of hydrogen-bond donors (Lipinski definition) is 2. The summed E-state index contributed by atoms with van der Waals surface area (Å²) in [5.74, 6) is 1.01. The molecule has 4 aromatic carbocycles. The van der Waals surface area contributed by atoms with E-state index in [1.165, 1.54) is 0 Å². The molecule has 4 nitrogen and oxygen atoms in total. The molecule has 4 aromatic rings. The maximum atomic E-state index is 13.4. The molecule has 0 bridgehead atoms. The Morgan fingerprint density at radius 2 is 1.66 bits per heavy atom. The van der Waals surface area contributed by atoms with Gasteiger partial charge in [0, 0.05) is 11.5 Å². The van der Waals surface area contributed by atoms with Crippen molar-refractivity contribution in [3.05, 3.63) is 108 Å². The minimum absolute atomic E-state index is 0.0120. The van der Waals surface area contributed by atoms with E-state index in [-0.39, 0.29) is 23.5 Å². The number of ether oxygens (including phenoxy) is 1. The lowest BCUT2D eigenvalue weighted by Crippen LogP contribution is -2.31. The lowest BCUT2D eigenvalue weighted by Gasteiger charge is -2.23. The highest BCUT2D eigenvalue weighted by molar-refractivity contribution is 5.90. The van der Waals surface area contributed by atoms with Gasteiger partial charge in [0.2, 0.25) is 5.91 Å². The van der Waals surface area contributed by atoms with Crippen LogP contribution in [-0.4, -0.2) is 18.1 Å². The smallest absolute Gasteiger partial charge is 0.224 e. The summed E-state index contributed by atoms with van der Waals surface area (Å²) in [6, 6.07) is 28.8. The molecule has 1 aliphatic carbocycles. The van der Waals surface area contributed by atoms with Crippen molar-refractivity contribution in [2.45, 2.75) is 18.4 Å². The molecule has 1 saturated carbocycles. The summed E-state index contributed by atoms with van der Waals surface area (Å²) in [4.78, 5) is 13.4. The number of fused-ring (bicyclic) bond motifs is 1. The monoisotopic (exact) mass is 423 g/mol. The van der Waals surface area contributed by atoms with Crippen LogP contribution in [0.3, 0.4) is 0 Å². The number of nitrogens with one attached hydrogen (secondary N) is 1. The fourth-order valence-electron chi connectivity index (χ4n) is 4.61. The Morgan fingerprint density at radius 3 is 2.47 bits per heavy atom. The van der Waals surface area contributed by atoms with E-state index >= 15 is 0 Å². The molecule has 1 fully saturated rings. The van der Waals surface area contributed by atoms with Crippen molar-refractivity contribution in [2.75, 3.05) is 7.11 Å². The van der Waals surface area contributed by atoms with Crippen molar-refractivity contribution in [3.8, 4) is 11.5 Å². The molecule has 5 rings (SSSR count). The third-order valence-corrected chi connectivity index (χ3v) is 6.32. The first kappa shape index (κ1) is 20.1. The number of carbonyl (C=O) groups is 1. The molecule has 0 heterocycles. The van der Waals surface area contributed by atoms with Gasteiger partial charge in [0.15, 0.2) is 0 Å². The molecule has 0 unspecified atom stereocenters. The minimum atomic E-state index is -0.450. The average molecular weight is 424 g/mol. The second-order valence-electron chi connectivity index (χ2n) is 8.26.